The van der Waals surface area contributed by atoms with Gasteiger partial charge in [-0.25, -0.2) is 0 Å². The van der Waals surface area contributed by atoms with E-state index in [1.807, 2.05) is 0 Å². The van der Waals surface area contributed by atoms with Gasteiger partial charge in [-0.1, -0.05) is 30.5 Å². The number of benzene rings is 1. The van der Waals surface area contributed by atoms with E-state index >= 15 is 0 Å². The van der Waals surface area contributed by atoms with Crippen LogP contribution in [0, 0.1) is 6.92 Å². The molecular formula is C17H29N3O. The average molecular weight is 291 g/mol. The van der Waals surface area contributed by atoms with Crippen LogP contribution in [0.4, 0.5) is 0 Å². The average Bonchev–Trinajstić information content (AvgIpc) is 2.95. The van der Waals surface area contributed by atoms with Gasteiger partial charge in [0.05, 0.1) is 7.11 Å². The lowest BCUT2D eigenvalue weighted by Crippen LogP contribution is -2.60. The molecule has 2 rings (SSSR count). The summed E-state index contributed by atoms with van der Waals surface area (Å²) in [4.78, 5) is 2.35. The molecule has 0 heterocycles. The molecule has 21 heavy (non-hydrogen) atoms. The van der Waals surface area contributed by atoms with Gasteiger partial charge >= 0.3 is 0 Å². The third-order valence-corrected chi connectivity index (χ3v) is 5.07. The third kappa shape index (κ3) is 3.23. The molecule has 4 heteroatoms. The van der Waals surface area contributed by atoms with Gasteiger partial charge < -0.3 is 9.64 Å². The number of rotatable bonds is 6. The van der Waals surface area contributed by atoms with Crippen LogP contribution in [0.3, 0.4) is 0 Å². The number of hydrogen-bond donors (Lipinski definition) is 2. The Morgan fingerprint density at radius 2 is 2.00 bits per heavy atom. The van der Waals surface area contributed by atoms with Gasteiger partial charge in [-0.15, -0.1) is 0 Å². The highest BCUT2D eigenvalue weighted by atomic mass is 16.5. The Morgan fingerprint density at radius 3 is 2.52 bits per heavy atom. The number of hydrogen-bond acceptors (Lipinski definition) is 4. The van der Waals surface area contributed by atoms with Gasteiger partial charge in [0, 0.05) is 11.6 Å². The SMILES string of the molecule is COc1ccc(C)cc1CC(NN)C1(N(C)C)CCCC1. The second-order valence-electron chi connectivity index (χ2n) is 6.44. The lowest BCUT2D eigenvalue weighted by Gasteiger charge is -2.43. The maximum absolute atomic E-state index is 5.94. The van der Waals surface area contributed by atoms with Crippen molar-refractivity contribution in [2.24, 2.45) is 5.84 Å². The van der Waals surface area contributed by atoms with E-state index in [2.05, 4.69) is 49.5 Å². The van der Waals surface area contributed by atoms with Crippen molar-refractivity contribution in [3.8, 4) is 5.75 Å². The number of methoxy groups -OCH3 is 1. The molecule has 1 aromatic rings. The van der Waals surface area contributed by atoms with Gasteiger partial charge in [-0.2, -0.15) is 0 Å². The van der Waals surface area contributed by atoms with Gasteiger partial charge in [-0.3, -0.25) is 11.3 Å². The smallest absolute Gasteiger partial charge is 0.122 e. The van der Waals surface area contributed by atoms with Crippen LogP contribution in [0.15, 0.2) is 18.2 Å². The fourth-order valence-corrected chi connectivity index (χ4v) is 3.79. The molecule has 1 unspecified atom stereocenters. The summed E-state index contributed by atoms with van der Waals surface area (Å²) in [6.45, 7) is 2.12. The summed E-state index contributed by atoms with van der Waals surface area (Å²) in [6, 6.07) is 6.58. The van der Waals surface area contributed by atoms with Gasteiger partial charge in [-0.05, 0) is 51.9 Å². The first-order chi connectivity index (χ1) is 10.0. The summed E-state index contributed by atoms with van der Waals surface area (Å²) < 4.78 is 5.52. The first kappa shape index (κ1) is 16.3. The molecule has 4 nitrogen and oxygen atoms in total. The maximum atomic E-state index is 5.94. The first-order valence-electron chi connectivity index (χ1n) is 7.80. The van der Waals surface area contributed by atoms with E-state index in [4.69, 9.17) is 10.6 Å². The summed E-state index contributed by atoms with van der Waals surface area (Å²) in [5, 5.41) is 0. The molecule has 0 spiro atoms. The molecule has 0 saturated heterocycles. The van der Waals surface area contributed by atoms with Crippen LogP contribution >= 0.6 is 0 Å². The zero-order chi connectivity index (χ0) is 15.5. The molecule has 0 radical (unpaired) electrons. The first-order valence-corrected chi connectivity index (χ1v) is 7.80. The van der Waals surface area contributed by atoms with Crippen LogP contribution < -0.4 is 16.0 Å². The maximum Gasteiger partial charge on any atom is 0.122 e. The molecule has 1 saturated carbocycles. The fourth-order valence-electron chi connectivity index (χ4n) is 3.79. The number of nitrogens with zero attached hydrogens (tertiary/aromatic N) is 1. The van der Waals surface area contributed by atoms with Crippen molar-refractivity contribution in [3.05, 3.63) is 29.3 Å². The van der Waals surface area contributed by atoms with Crippen molar-refractivity contribution < 1.29 is 4.74 Å². The molecule has 1 fully saturated rings. The van der Waals surface area contributed by atoms with Gasteiger partial charge in [0.2, 0.25) is 0 Å². The van der Waals surface area contributed by atoms with Gasteiger partial charge in [0.25, 0.3) is 0 Å². The van der Waals surface area contributed by atoms with Crippen molar-refractivity contribution in [2.45, 2.75) is 50.6 Å². The minimum atomic E-state index is 0.142. The highest BCUT2D eigenvalue weighted by molar-refractivity contribution is 5.38. The predicted octanol–water partition coefficient (Wildman–Crippen LogP) is 2.25. The highest BCUT2D eigenvalue weighted by Gasteiger charge is 2.42. The zero-order valence-corrected chi connectivity index (χ0v) is 13.8. The second kappa shape index (κ2) is 6.77. The van der Waals surface area contributed by atoms with Gasteiger partial charge in [0.15, 0.2) is 0 Å². The van der Waals surface area contributed by atoms with E-state index in [1.54, 1.807) is 7.11 Å². The summed E-state index contributed by atoms with van der Waals surface area (Å²) >= 11 is 0. The second-order valence-corrected chi connectivity index (χ2v) is 6.44. The Balaban J connectivity index is 2.28. The number of aryl methyl sites for hydroxylation is 1. The number of nitrogens with two attached hydrogens (primary N) is 1. The van der Waals surface area contributed by atoms with Crippen molar-refractivity contribution >= 4 is 0 Å². The quantitative estimate of drug-likeness (QED) is 0.623. The molecule has 1 aliphatic carbocycles. The van der Waals surface area contributed by atoms with Crippen LogP contribution in [-0.2, 0) is 6.42 Å². The summed E-state index contributed by atoms with van der Waals surface area (Å²) in [5.41, 5.74) is 5.72. The fraction of sp³-hybridized carbons (Fsp3) is 0.647. The molecule has 0 aromatic heterocycles. The lowest BCUT2D eigenvalue weighted by atomic mass is 9.83. The molecule has 1 aromatic carbocycles. The Hall–Kier alpha value is -1.10. The monoisotopic (exact) mass is 291 g/mol. The van der Waals surface area contributed by atoms with Crippen LogP contribution in [0.25, 0.3) is 0 Å². The molecule has 0 bridgehead atoms. The highest BCUT2D eigenvalue weighted by Crippen LogP contribution is 2.38. The van der Waals surface area contributed by atoms with Gasteiger partial charge in [0.1, 0.15) is 5.75 Å². The Morgan fingerprint density at radius 1 is 1.33 bits per heavy atom. The normalized spacial score (nSPS) is 19.0. The van der Waals surface area contributed by atoms with Crippen LogP contribution in [0.5, 0.6) is 5.75 Å². The largest absolute Gasteiger partial charge is 0.496 e. The molecular weight excluding hydrogens is 262 g/mol. The Labute approximate surface area is 128 Å². The molecule has 0 amide bonds. The number of likely N-dealkylation sites (N-methyl/N-ethyl adjacent to an activating group) is 1. The van der Waals surface area contributed by atoms with E-state index in [0.717, 1.165) is 12.2 Å². The molecule has 1 aliphatic rings. The summed E-state index contributed by atoms with van der Waals surface area (Å²) in [7, 11) is 6.07. The summed E-state index contributed by atoms with van der Waals surface area (Å²) in [6.07, 6.45) is 5.84. The zero-order valence-electron chi connectivity index (χ0n) is 13.8. The molecule has 1 atom stereocenters. The van der Waals surface area contributed by atoms with Crippen LogP contribution in [-0.4, -0.2) is 37.7 Å². The van der Waals surface area contributed by atoms with Crippen LogP contribution in [0.1, 0.15) is 36.8 Å². The van der Waals surface area contributed by atoms with E-state index in [1.165, 1.54) is 36.8 Å². The lowest BCUT2D eigenvalue weighted by molar-refractivity contribution is 0.104. The minimum absolute atomic E-state index is 0.142. The minimum Gasteiger partial charge on any atom is -0.496 e. The Kier molecular flexibility index (Phi) is 5.25. The topological polar surface area (TPSA) is 50.5 Å². The standard InChI is InChI=1S/C17H29N3O/c1-13-7-8-15(21-4)14(11-13)12-16(19-18)17(20(2)3)9-5-6-10-17/h7-8,11,16,19H,5-6,9-10,12,18H2,1-4H3. The van der Waals surface area contributed by atoms with E-state index in [9.17, 15) is 0 Å². The number of ether oxygens (including phenoxy) is 1. The van der Waals surface area contributed by atoms with E-state index in [0.29, 0.717) is 0 Å². The third-order valence-electron chi connectivity index (χ3n) is 5.07. The number of nitrogens with one attached hydrogen (secondary N) is 1. The molecule has 118 valence electrons. The predicted molar refractivity (Wildman–Crippen MR) is 87.4 cm³/mol. The molecule has 3 N–H and O–H groups in total. The van der Waals surface area contributed by atoms with E-state index < -0.39 is 0 Å². The van der Waals surface area contributed by atoms with Crippen molar-refractivity contribution in [1.82, 2.24) is 10.3 Å². The summed E-state index contributed by atoms with van der Waals surface area (Å²) in [5.74, 6) is 6.89. The number of hydrazine groups is 1. The van der Waals surface area contributed by atoms with Crippen LogP contribution in [0.2, 0.25) is 0 Å². The Bertz CT molecular complexity index is 467. The van der Waals surface area contributed by atoms with Crippen molar-refractivity contribution in [2.75, 3.05) is 21.2 Å². The van der Waals surface area contributed by atoms with E-state index in [-0.39, 0.29) is 11.6 Å². The van der Waals surface area contributed by atoms with Crippen molar-refractivity contribution in [3.63, 3.8) is 0 Å². The van der Waals surface area contributed by atoms with Crippen molar-refractivity contribution in [1.29, 1.82) is 0 Å². The molecule has 0 aliphatic heterocycles.